The van der Waals surface area contributed by atoms with Crippen molar-refractivity contribution in [2.45, 2.75) is 57.8 Å². The van der Waals surface area contributed by atoms with Crippen LogP contribution in [0, 0.1) is 0 Å². The summed E-state index contributed by atoms with van der Waals surface area (Å²) in [5.41, 5.74) is 6.77. The highest BCUT2D eigenvalue weighted by molar-refractivity contribution is 6.39. The number of amides is 2. The third-order valence-electron chi connectivity index (χ3n) is 10.5. The fraction of sp³-hybridized carbons (Fsp3) is 0.333. The number of hydrogen-bond donors (Lipinski definition) is 3. The summed E-state index contributed by atoms with van der Waals surface area (Å²) in [6, 6.07) is 19.8. The molecule has 2 aromatic heterocycles. The summed E-state index contributed by atoms with van der Waals surface area (Å²) >= 11 is 21.2. The highest BCUT2D eigenvalue weighted by Gasteiger charge is 2.23. The quantitative estimate of drug-likeness (QED) is 0.116. The lowest BCUT2D eigenvalue weighted by molar-refractivity contribution is -0.130. The largest absolute Gasteiger partial charge is 0.496 e. The minimum Gasteiger partial charge on any atom is -0.496 e. The second kappa shape index (κ2) is 17.1. The molecule has 0 aliphatic carbocycles. The molecule has 2 amide bonds. The van der Waals surface area contributed by atoms with E-state index in [1.54, 1.807) is 27.3 Å². The Kier molecular flexibility index (Phi) is 12.1. The minimum atomic E-state index is 0.100. The van der Waals surface area contributed by atoms with Crippen LogP contribution in [0.15, 0.2) is 66.9 Å². The Morgan fingerprint density at radius 2 is 1.69 bits per heavy atom. The van der Waals surface area contributed by atoms with E-state index in [1.165, 1.54) is 0 Å². The van der Waals surface area contributed by atoms with Crippen molar-refractivity contribution in [1.82, 2.24) is 30.8 Å². The van der Waals surface area contributed by atoms with E-state index < -0.39 is 0 Å². The number of piperidine rings is 1. The molecule has 2 aliphatic heterocycles. The fourth-order valence-corrected chi connectivity index (χ4v) is 8.42. The van der Waals surface area contributed by atoms with Crippen LogP contribution in [0.3, 0.4) is 0 Å². The zero-order chi connectivity index (χ0) is 38.6. The number of aromatic nitrogens is 2. The van der Waals surface area contributed by atoms with Crippen molar-refractivity contribution in [3.8, 4) is 45.1 Å². The van der Waals surface area contributed by atoms with Gasteiger partial charge in [-0.2, -0.15) is 0 Å². The van der Waals surface area contributed by atoms with Gasteiger partial charge in [-0.15, -0.1) is 0 Å². The average molecular weight is 802 g/mol. The van der Waals surface area contributed by atoms with Gasteiger partial charge in [0, 0.05) is 103 Å². The van der Waals surface area contributed by atoms with Crippen LogP contribution in [0.4, 0.5) is 0 Å². The normalized spacial score (nSPS) is 16.1. The topological polar surface area (TPSA) is 118 Å². The molecule has 0 spiro atoms. The maximum Gasteiger partial charge on any atom is 0.220 e. The van der Waals surface area contributed by atoms with Gasteiger partial charge < -0.3 is 30.3 Å². The van der Waals surface area contributed by atoms with E-state index in [9.17, 15) is 9.59 Å². The maximum absolute atomic E-state index is 11.7. The van der Waals surface area contributed by atoms with Crippen LogP contribution >= 0.6 is 34.8 Å². The second-order valence-electron chi connectivity index (χ2n) is 14.0. The Balaban J connectivity index is 1.12. The number of nitrogens with one attached hydrogen (secondary N) is 3. The lowest BCUT2D eigenvalue weighted by Gasteiger charge is -2.32. The van der Waals surface area contributed by atoms with E-state index in [1.807, 2.05) is 65.6 Å². The van der Waals surface area contributed by atoms with E-state index in [2.05, 4.69) is 20.9 Å². The molecule has 0 saturated carbocycles. The first-order valence-corrected chi connectivity index (χ1v) is 19.5. The lowest BCUT2D eigenvalue weighted by Crippen LogP contribution is -2.43. The Morgan fingerprint density at radius 3 is 2.42 bits per heavy atom. The van der Waals surface area contributed by atoms with E-state index in [0.717, 1.165) is 71.1 Å². The summed E-state index contributed by atoms with van der Waals surface area (Å²) in [5, 5.41) is 12.3. The Morgan fingerprint density at radius 1 is 0.909 bits per heavy atom. The Labute approximate surface area is 335 Å². The molecule has 0 radical (unpaired) electrons. The zero-order valence-corrected chi connectivity index (χ0v) is 33.2. The molecule has 13 heteroatoms. The molecule has 7 rings (SSSR count). The number of fused-ring (bicyclic) bond motifs is 1. The van der Waals surface area contributed by atoms with E-state index in [0.29, 0.717) is 75.6 Å². The molecule has 3 aromatic carbocycles. The zero-order valence-electron chi connectivity index (χ0n) is 31.0. The summed E-state index contributed by atoms with van der Waals surface area (Å²) in [6.45, 7) is 4.96. The lowest BCUT2D eigenvalue weighted by atomic mass is 9.98. The summed E-state index contributed by atoms with van der Waals surface area (Å²) in [5.74, 6) is 1.64. The average Bonchev–Trinajstić information content (AvgIpc) is 3.62. The molecular weight excluding hydrogens is 759 g/mol. The van der Waals surface area contributed by atoms with Gasteiger partial charge in [0.2, 0.25) is 11.8 Å². The smallest absolute Gasteiger partial charge is 0.220 e. The molecule has 286 valence electrons. The monoisotopic (exact) mass is 800 g/mol. The van der Waals surface area contributed by atoms with Gasteiger partial charge in [0.15, 0.2) is 0 Å². The third kappa shape index (κ3) is 8.39. The van der Waals surface area contributed by atoms with Crippen molar-refractivity contribution in [2.75, 3.05) is 33.9 Å². The number of carbonyl (C=O) groups is 2. The van der Waals surface area contributed by atoms with E-state index in [4.69, 9.17) is 49.3 Å². The molecule has 2 aliphatic rings. The number of carbonyl (C=O) groups excluding carboxylic acids is 2. The number of pyridine rings is 2. The van der Waals surface area contributed by atoms with E-state index in [-0.39, 0.29) is 17.9 Å². The van der Waals surface area contributed by atoms with Gasteiger partial charge >= 0.3 is 0 Å². The van der Waals surface area contributed by atoms with Gasteiger partial charge in [0.05, 0.1) is 46.2 Å². The van der Waals surface area contributed by atoms with Crippen molar-refractivity contribution in [3.63, 3.8) is 0 Å². The highest BCUT2D eigenvalue weighted by Crippen LogP contribution is 2.43. The first-order chi connectivity index (χ1) is 26.6. The number of methoxy groups -OCH3 is 2. The van der Waals surface area contributed by atoms with Crippen LogP contribution in [0.1, 0.15) is 43.7 Å². The predicted octanol–water partition coefficient (Wildman–Crippen LogP) is 8.08. The number of hydrogen-bond acceptors (Lipinski definition) is 8. The van der Waals surface area contributed by atoms with E-state index >= 15 is 0 Å². The molecule has 4 heterocycles. The summed E-state index contributed by atoms with van der Waals surface area (Å²) < 4.78 is 11.7. The van der Waals surface area contributed by atoms with Gasteiger partial charge in [-0.1, -0.05) is 65.1 Å². The number of ether oxygens (including phenoxy) is 2. The molecule has 2 fully saturated rings. The van der Waals surface area contributed by atoms with Crippen molar-refractivity contribution in [2.24, 2.45) is 0 Å². The van der Waals surface area contributed by atoms with Crippen molar-refractivity contribution in [1.29, 1.82) is 0 Å². The van der Waals surface area contributed by atoms with Gasteiger partial charge in [0.1, 0.15) is 11.5 Å². The molecule has 0 bridgehead atoms. The van der Waals surface area contributed by atoms with Crippen LogP contribution in [-0.2, 0) is 22.7 Å². The van der Waals surface area contributed by atoms with Crippen LogP contribution in [0.2, 0.25) is 15.1 Å². The SMILES string of the molecule is COc1cc(-c2nccc(-c3cccc(-c4ccc5c(OC)c(CNC6CCN(C(C)=O)CC6)cc(Cl)c5n4)c3Cl)c2Cl)ccc1CNC[C@@H]1CCC(=O)N1. The predicted molar refractivity (Wildman–Crippen MR) is 219 cm³/mol. The molecule has 2 saturated heterocycles. The minimum absolute atomic E-state index is 0.100. The number of rotatable bonds is 12. The van der Waals surface area contributed by atoms with Gasteiger partial charge in [-0.3, -0.25) is 14.6 Å². The molecule has 1 atom stereocenters. The Hall–Kier alpha value is -4.45. The summed E-state index contributed by atoms with van der Waals surface area (Å²) in [6.07, 6.45) is 4.92. The molecule has 10 nitrogen and oxygen atoms in total. The number of benzene rings is 3. The second-order valence-corrected chi connectivity index (χ2v) is 15.1. The molecule has 0 unspecified atom stereocenters. The van der Waals surface area contributed by atoms with Crippen molar-refractivity contribution < 1.29 is 19.1 Å². The van der Waals surface area contributed by atoms with Crippen molar-refractivity contribution >= 4 is 57.5 Å². The summed E-state index contributed by atoms with van der Waals surface area (Å²) in [4.78, 5) is 34.8. The first kappa shape index (κ1) is 38.8. The van der Waals surface area contributed by atoms with Crippen molar-refractivity contribution in [3.05, 3.63) is 93.1 Å². The highest BCUT2D eigenvalue weighted by atomic mass is 35.5. The first-order valence-electron chi connectivity index (χ1n) is 18.4. The molecule has 55 heavy (non-hydrogen) atoms. The van der Waals surface area contributed by atoms with Crippen LogP contribution in [-0.4, -0.2) is 72.6 Å². The molecular formula is C42H43Cl3N6O4. The molecule has 3 N–H and O–H groups in total. The van der Waals surface area contributed by atoms with Crippen LogP contribution in [0.25, 0.3) is 44.5 Å². The third-order valence-corrected chi connectivity index (χ3v) is 11.6. The van der Waals surface area contributed by atoms with Gasteiger partial charge in [-0.25, -0.2) is 4.98 Å². The number of halogens is 3. The molecule has 5 aromatic rings. The summed E-state index contributed by atoms with van der Waals surface area (Å²) in [7, 11) is 3.29. The van der Waals surface area contributed by atoms with Crippen LogP contribution < -0.4 is 25.4 Å². The van der Waals surface area contributed by atoms with Gasteiger partial charge in [0.25, 0.3) is 0 Å². The maximum atomic E-state index is 11.7. The van der Waals surface area contributed by atoms with Gasteiger partial charge in [-0.05, 0) is 49.6 Å². The number of nitrogens with zero attached hydrogens (tertiary/aromatic N) is 3. The Bertz CT molecular complexity index is 2240. The standard InChI is InChI=1S/C42H43Cl3N6O4/c1-24(52)51-17-14-28(15-18-51)48-22-27-19-34(43)41-33(42(27)55-3)10-11-35(50-41)32-6-4-5-30(38(32)44)31-13-16-47-40(39(31)45)25-7-8-26(36(20-25)54-2)21-46-23-29-9-12-37(53)49-29/h4-8,10-11,13,16,19-20,28-29,46,48H,9,12,14-15,17-18,21-23H2,1-3H3,(H,49,53)/t29-/m0/s1. The van der Waals surface area contributed by atoms with Crippen LogP contribution in [0.5, 0.6) is 11.5 Å². The number of likely N-dealkylation sites (tertiary alicyclic amines) is 1. The fourth-order valence-electron chi connectivity index (χ4n) is 7.50.